The van der Waals surface area contributed by atoms with E-state index in [9.17, 15) is 14.4 Å². The van der Waals surface area contributed by atoms with Crippen LogP contribution in [-0.4, -0.2) is 31.4 Å². The van der Waals surface area contributed by atoms with Gasteiger partial charge in [0.2, 0.25) is 0 Å². The van der Waals surface area contributed by atoms with Crippen molar-refractivity contribution in [3.05, 3.63) is 65.2 Å². The van der Waals surface area contributed by atoms with Crippen molar-refractivity contribution in [3.63, 3.8) is 0 Å². The lowest BCUT2D eigenvalue weighted by Gasteiger charge is -2.23. The molecule has 6 nitrogen and oxygen atoms in total. The first-order valence-corrected chi connectivity index (χ1v) is 10.0. The lowest BCUT2D eigenvalue weighted by molar-refractivity contribution is -0.150. The van der Waals surface area contributed by atoms with Crippen molar-refractivity contribution in [1.29, 1.82) is 0 Å². The normalized spacial score (nSPS) is 11.8. The maximum Gasteiger partial charge on any atom is 0.344 e. The smallest absolute Gasteiger partial charge is 0.344 e. The van der Waals surface area contributed by atoms with Gasteiger partial charge in [-0.25, -0.2) is 4.79 Å². The van der Waals surface area contributed by atoms with E-state index in [-0.39, 0.29) is 31.1 Å². The van der Waals surface area contributed by atoms with Gasteiger partial charge >= 0.3 is 5.97 Å². The van der Waals surface area contributed by atoms with Gasteiger partial charge in [-0.15, -0.1) is 0 Å². The second-order valence-electron chi connectivity index (χ2n) is 7.75. The Labute approximate surface area is 177 Å². The van der Waals surface area contributed by atoms with E-state index in [4.69, 9.17) is 9.47 Å². The molecule has 1 N–H and O–H groups in total. The molecule has 0 aliphatic carbocycles. The fourth-order valence-corrected chi connectivity index (χ4v) is 2.91. The van der Waals surface area contributed by atoms with Crippen LogP contribution in [0.1, 0.15) is 61.1 Å². The fourth-order valence-electron chi connectivity index (χ4n) is 2.91. The molecule has 160 valence electrons. The molecule has 1 atom stereocenters. The molecule has 0 spiro atoms. The Hall–Kier alpha value is -3.15. The third-order valence-corrected chi connectivity index (χ3v) is 4.68. The van der Waals surface area contributed by atoms with Gasteiger partial charge in [-0.3, -0.25) is 9.59 Å². The number of benzene rings is 2. The van der Waals surface area contributed by atoms with Gasteiger partial charge in [0, 0.05) is 5.56 Å². The molecule has 0 saturated heterocycles. The van der Waals surface area contributed by atoms with E-state index < -0.39 is 5.97 Å². The Morgan fingerprint density at radius 2 is 1.50 bits per heavy atom. The summed E-state index contributed by atoms with van der Waals surface area (Å²) < 4.78 is 10.3. The first-order valence-electron chi connectivity index (χ1n) is 10.0. The van der Waals surface area contributed by atoms with Crippen LogP contribution in [0.15, 0.2) is 48.5 Å². The van der Waals surface area contributed by atoms with Crippen molar-refractivity contribution in [2.45, 2.75) is 39.7 Å². The lowest BCUT2D eigenvalue weighted by atomic mass is 9.93. The highest BCUT2D eigenvalue weighted by Gasteiger charge is 2.19. The second-order valence-corrected chi connectivity index (χ2v) is 7.75. The van der Waals surface area contributed by atoms with Crippen LogP contribution in [0.3, 0.4) is 0 Å². The highest BCUT2D eigenvalue weighted by molar-refractivity contribution is 5.81. The standard InChI is InChI=1S/C24H29NO5/c1-16(2)19-7-9-20(10-8-19)24(17(3)4)25-22(27)14-30-23(28)15-29-21-11-5-18(13-26)6-12-21/h5-13,16-17,24H,14-15H2,1-4H3,(H,25,27)/t24-/m1/s1. The van der Waals surface area contributed by atoms with E-state index in [2.05, 4.69) is 31.3 Å². The Morgan fingerprint density at radius 3 is 2.03 bits per heavy atom. The third kappa shape index (κ3) is 7.03. The maximum absolute atomic E-state index is 12.3. The predicted molar refractivity (Wildman–Crippen MR) is 115 cm³/mol. The number of ether oxygens (including phenoxy) is 2. The molecule has 2 aromatic carbocycles. The van der Waals surface area contributed by atoms with E-state index >= 15 is 0 Å². The number of nitrogens with one attached hydrogen (secondary N) is 1. The molecule has 0 aliphatic heterocycles. The van der Waals surface area contributed by atoms with Crippen molar-refractivity contribution in [1.82, 2.24) is 5.32 Å². The first-order chi connectivity index (χ1) is 14.3. The van der Waals surface area contributed by atoms with Crippen molar-refractivity contribution >= 4 is 18.2 Å². The number of hydrogen-bond donors (Lipinski definition) is 1. The molecular formula is C24H29NO5. The number of rotatable bonds is 10. The molecule has 0 saturated carbocycles. The van der Waals surface area contributed by atoms with Crippen LogP contribution in [0.2, 0.25) is 0 Å². The van der Waals surface area contributed by atoms with Crippen LogP contribution >= 0.6 is 0 Å². The fraction of sp³-hybridized carbons (Fsp3) is 0.375. The Balaban J connectivity index is 1.83. The lowest BCUT2D eigenvalue weighted by Crippen LogP contribution is -2.35. The molecule has 0 radical (unpaired) electrons. The maximum atomic E-state index is 12.3. The topological polar surface area (TPSA) is 81.7 Å². The van der Waals surface area contributed by atoms with Crippen molar-refractivity contribution in [2.24, 2.45) is 5.92 Å². The number of amides is 1. The largest absolute Gasteiger partial charge is 0.482 e. The van der Waals surface area contributed by atoms with E-state index in [1.54, 1.807) is 24.3 Å². The molecule has 2 rings (SSSR count). The van der Waals surface area contributed by atoms with Gasteiger partial charge in [-0.05, 0) is 47.2 Å². The summed E-state index contributed by atoms with van der Waals surface area (Å²) >= 11 is 0. The molecule has 2 aromatic rings. The molecule has 1 amide bonds. The Morgan fingerprint density at radius 1 is 0.900 bits per heavy atom. The predicted octanol–water partition coefficient (Wildman–Crippen LogP) is 4.06. The monoisotopic (exact) mass is 411 g/mol. The Bertz CT molecular complexity index is 841. The minimum absolute atomic E-state index is 0.173. The van der Waals surface area contributed by atoms with E-state index in [1.807, 2.05) is 26.0 Å². The molecule has 0 fully saturated rings. The zero-order valence-corrected chi connectivity index (χ0v) is 17.9. The summed E-state index contributed by atoms with van der Waals surface area (Å²) in [6, 6.07) is 14.3. The molecular weight excluding hydrogens is 382 g/mol. The van der Waals surface area contributed by atoms with E-state index in [0.717, 1.165) is 11.8 Å². The highest BCUT2D eigenvalue weighted by atomic mass is 16.6. The number of esters is 1. The molecule has 0 aliphatic rings. The zero-order chi connectivity index (χ0) is 22.1. The average molecular weight is 411 g/mol. The van der Waals surface area contributed by atoms with Gasteiger partial charge in [0.15, 0.2) is 13.2 Å². The third-order valence-electron chi connectivity index (χ3n) is 4.68. The van der Waals surface area contributed by atoms with Gasteiger partial charge in [-0.1, -0.05) is 52.0 Å². The summed E-state index contributed by atoms with van der Waals surface area (Å²) in [7, 11) is 0. The summed E-state index contributed by atoms with van der Waals surface area (Å²) in [5, 5.41) is 2.93. The second kappa shape index (κ2) is 11.1. The van der Waals surface area contributed by atoms with E-state index in [0.29, 0.717) is 17.2 Å². The van der Waals surface area contributed by atoms with Gasteiger partial charge < -0.3 is 14.8 Å². The SMILES string of the molecule is CC(C)c1ccc([C@H](NC(=O)COC(=O)COc2ccc(C=O)cc2)C(C)C)cc1. The molecule has 30 heavy (non-hydrogen) atoms. The average Bonchev–Trinajstić information content (AvgIpc) is 2.74. The van der Waals surface area contributed by atoms with Gasteiger partial charge in [0.05, 0.1) is 6.04 Å². The van der Waals surface area contributed by atoms with Crippen LogP contribution in [0.25, 0.3) is 0 Å². The van der Waals surface area contributed by atoms with Gasteiger partial charge in [0.1, 0.15) is 12.0 Å². The minimum Gasteiger partial charge on any atom is -0.482 e. The minimum atomic E-state index is -0.646. The van der Waals surface area contributed by atoms with E-state index in [1.165, 1.54) is 5.56 Å². The summed E-state index contributed by atoms with van der Waals surface area (Å²) in [5.74, 6) is 0.0342. The van der Waals surface area contributed by atoms with Crippen LogP contribution < -0.4 is 10.1 Å². The highest BCUT2D eigenvalue weighted by Crippen LogP contribution is 2.24. The number of carbonyl (C=O) groups excluding carboxylic acids is 3. The molecule has 6 heteroatoms. The number of hydrogen-bond acceptors (Lipinski definition) is 5. The summed E-state index contributed by atoms with van der Waals surface area (Å²) in [6.07, 6.45) is 0.722. The summed E-state index contributed by atoms with van der Waals surface area (Å²) in [4.78, 5) is 34.8. The Kier molecular flexibility index (Phi) is 8.59. The van der Waals surface area contributed by atoms with Crippen LogP contribution in [0.4, 0.5) is 0 Å². The summed E-state index contributed by atoms with van der Waals surface area (Å²) in [6.45, 7) is 7.62. The first kappa shape index (κ1) is 23.1. The van der Waals surface area contributed by atoms with Crippen molar-refractivity contribution < 1.29 is 23.9 Å². The molecule has 0 bridgehead atoms. The van der Waals surface area contributed by atoms with Crippen LogP contribution in [-0.2, 0) is 14.3 Å². The number of aldehydes is 1. The van der Waals surface area contributed by atoms with Crippen molar-refractivity contribution in [2.75, 3.05) is 13.2 Å². The number of carbonyl (C=O) groups is 3. The zero-order valence-electron chi connectivity index (χ0n) is 17.9. The quantitative estimate of drug-likeness (QED) is 0.471. The van der Waals surface area contributed by atoms with Crippen molar-refractivity contribution in [3.8, 4) is 5.75 Å². The van der Waals surface area contributed by atoms with Gasteiger partial charge in [-0.2, -0.15) is 0 Å². The summed E-state index contributed by atoms with van der Waals surface area (Å²) in [5.41, 5.74) is 2.76. The van der Waals surface area contributed by atoms with Crippen LogP contribution in [0.5, 0.6) is 5.75 Å². The molecule has 0 aromatic heterocycles. The molecule has 0 unspecified atom stereocenters. The van der Waals surface area contributed by atoms with Gasteiger partial charge in [0.25, 0.3) is 5.91 Å². The molecule has 0 heterocycles. The van der Waals surface area contributed by atoms with Crippen LogP contribution in [0, 0.1) is 5.92 Å².